The number of sulfonamides is 1. The average Bonchev–Trinajstić information content (AvgIpc) is 3.45. The fourth-order valence-electron chi connectivity index (χ4n) is 6.87. The van der Waals surface area contributed by atoms with Crippen molar-refractivity contribution < 1.29 is 22.7 Å². The normalized spacial score (nSPS) is 18.0. The summed E-state index contributed by atoms with van der Waals surface area (Å²) in [5.41, 5.74) is 3.42. The van der Waals surface area contributed by atoms with Crippen molar-refractivity contribution >= 4 is 43.3 Å². The summed E-state index contributed by atoms with van der Waals surface area (Å²) in [5, 5.41) is 3.78. The van der Waals surface area contributed by atoms with Crippen molar-refractivity contribution in [2.75, 3.05) is 14.2 Å². The van der Waals surface area contributed by atoms with Crippen LogP contribution in [0.25, 0.3) is 10.1 Å². The maximum Gasteiger partial charge on any atom is 0.250 e. The third-order valence-corrected chi connectivity index (χ3v) is 13.6. The number of likely N-dealkylation sites (tertiary alicyclic amines) is 1. The molecule has 1 saturated heterocycles. The Morgan fingerprint density at radius 3 is 2.25 bits per heavy atom. The first-order chi connectivity index (χ1) is 24.3. The molecule has 4 aromatic rings. The van der Waals surface area contributed by atoms with Crippen LogP contribution in [-0.4, -0.2) is 68.4 Å². The van der Waals surface area contributed by atoms with Crippen LogP contribution in [0.2, 0.25) is 0 Å². The lowest BCUT2D eigenvalue weighted by Crippen LogP contribution is -2.50. The average molecular weight is 733 g/mol. The highest BCUT2D eigenvalue weighted by molar-refractivity contribution is 7.91. The van der Waals surface area contributed by atoms with Crippen LogP contribution in [0, 0.1) is 6.92 Å². The number of nitrogens with zero attached hydrogens (tertiary/aromatic N) is 2. The molecule has 2 unspecified atom stereocenters. The van der Waals surface area contributed by atoms with Crippen LogP contribution in [0.15, 0.2) is 77.0 Å². The van der Waals surface area contributed by atoms with Crippen LogP contribution in [0.1, 0.15) is 81.7 Å². The van der Waals surface area contributed by atoms with Crippen LogP contribution in [0.5, 0.6) is 5.75 Å². The van der Waals surface area contributed by atoms with Crippen LogP contribution in [-0.2, 0) is 32.6 Å². The van der Waals surface area contributed by atoms with Gasteiger partial charge in [0.25, 0.3) is 10.0 Å². The number of fused-ring (bicyclic) bond motifs is 1. The fraction of sp³-hybridized carbons (Fsp3) is 0.450. The van der Waals surface area contributed by atoms with E-state index in [1.807, 2.05) is 56.3 Å². The molecule has 1 aromatic heterocycles. The summed E-state index contributed by atoms with van der Waals surface area (Å²) in [6, 6.07) is 22.2. The van der Waals surface area contributed by atoms with Crippen molar-refractivity contribution in [3.63, 3.8) is 0 Å². The van der Waals surface area contributed by atoms with Gasteiger partial charge in [0, 0.05) is 54.6 Å². The Hall–Kier alpha value is -3.77. The van der Waals surface area contributed by atoms with Crippen molar-refractivity contribution in [2.45, 2.75) is 108 Å². The minimum absolute atomic E-state index is 0.0683. The Kier molecular flexibility index (Phi) is 12.6. The molecule has 0 saturated carbocycles. The van der Waals surface area contributed by atoms with Crippen molar-refractivity contribution in [3.05, 3.63) is 95.1 Å². The highest BCUT2D eigenvalue weighted by Gasteiger charge is 2.31. The van der Waals surface area contributed by atoms with E-state index in [1.54, 1.807) is 44.2 Å². The molecule has 1 fully saturated rings. The predicted molar refractivity (Wildman–Crippen MR) is 206 cm³/mol. The Balaban J connectivity index is 1.35. The van der Waals surface area contributed by atoms with E-state index in [4.69, 9.17) is 4.74 Å². The molecule has 2 heterocycles. The number of hydrogen-bond acceptors (Lipinski definition) is 7. The summed E-state index contributed by atoms with van der Waals surface area (Å²) in [6.45, 7) is 11.1. The summed E-state index contributed by atoms with van der Waals surface area (Å²) >= 11 is 1.18. The molecule has 0 radical (unpaired) electrons. The molecule has 0 bridgehead atoms. The largest absolute Gasteiger partial charge is 0.497 e. The maximum atomic E-state index is 13.9. The number of thiophene rings is 1. The first kappa shape index (κ1) is 38.5. The summed E-state index contributed by atoms with van der Waals surface area (Å²) in [7, 11) is -0.727. The number of nitrogens with one attached hydrogen (secondary N) is 2. The van der Waals surface area contributed by atoms with Crippen LogP contribution >= 0.6 is 11.3 Å². The first-order valence-electron chi connectivity index (χ1n) is 17.8. The van der Waals surface area contributed by atoms with Gasteiger partial charge < -0.3 is 15.0 Å². The molecule has 9 nitrogen and oxygen atoms in total. The highest BCUT2D eigenvalue weighted by atomic mass is 32.2. The standard InChI is InChI=1S/C40H52N4O5S2/c1-26(2)43(6)39(46)36(22-30-16-18-31(19-17-30)25-44-27(3)12-11-13-28(44)4)41-38(45)24-35(32-14-9-8-10-15-32)42-51(47,48)40-29(5)34-23-33(49-7)20-21-37(34)50-40/h8-10,14-21,23,26-28,35-36,42H,11-13,22,24-25H2,1-7H3,(H,41,45)/t27-,28+,35?,36?. The first-order valence-corrected chi connectivity index (χ1v) is 20.1. The highest BCUT2D eigenvalue weighted by Crippen LogP contribution is 2.37. The molecule has 51 heavy (non-hydrogen) atoms. The van der Waals surface area contributed by atoms with Gasteiger partial charge in [0.2, 0.25) is 11.8 Å². The number of piperidine rings is 1. The van der Waals surface area contributed by atoms with Gasteiger partial charge in [-0.05, 0) is 87.9 Å². The molecular formula is C40H52N4O5S2. The summed E-state index contributed by atoms with van der Waals surface area (Å²) < 4.78 is 37.1. The lowest BCUT2D eigenvalue weighted by molar-refractivity contribution is -0.136. The van der Waals surface area contributed by atoms with Gasteiger partial charge in [-0.3, -0.25) is 14.5 Å². The van der Waals surface area contributed by atoms with Crippen molar-refractivity contribution in [3.8, 4) is 5.75 Å². The number of carbonyl (C=O) groups excluding carboxylic acids is 2. The molecule has 0 aliphatic carbocycles. The third-order valence-electron chi connectivity index (χ3n) is 10.2. The molecular weight excluding hydrogens is 681 g/mol. The number of rotatable bonds is 14. The molecule has 5 rings (SSSR count). The van der Waals surface area contributed by atoms with Gasteiger partial charge in [-0.2, -0.15) is 0 Å². The predicted octanol–water partition coefficient (Wildman–Crippen LogP) is 6.99. The smallest absolute Gasteiger partial charge is 0.250 e. The number of hydrogen-bond donors (Lipinski definition) is 2. The van der Waals surface area contributed by atoms with E-state index in [2.05, 4.69) is 40.9 Å². The summed E-state index contributed by atoms with van der Waals surface area (Å²) in [6.07, 6.45) is 3.81. The van der Waals surface area contributed by atoms with E-state index in [0.717, 1.165) is 22.2 Å². The second kappa shape index (κ2) is 16.7. The number of aryl methyl sites for hydroxylation is 1. The van der Waals surface area contributed by atoms with Gasteiger partial charge in [0.1, 0.15) is 16.0 Å². The molecule has 11 heteroatoms. The number of methoxy groups -OCH3 is 1. The zero-order valence-electron chi connectivity index (χ0n) is 30.8. The van der Waals surface area contributed by atoms with E-state index in [0.29, 0.717) is 35.4 Å². The SMILES string of the molecule is COc1ccc2sc(S(=O)(=O)NC(CC(=O)NC(Cc3ccc(CN4[C@H](C)CCC[C@@H]4C)cc3)C(=O)N(C)C(C)C)c3ccccc3)c(C)c2c1. The second-order valence-electron chi connectivity index (χ2n) is 14.2. The molecule has 2 N–H and O–H groups in total. The van der Waals surface area contributed by atoms with E-state index < -0.39 is 28.0 Å². The van der Waals surface area contributed by atoms with E-state index >= 15 is 0 Å². The Bertz CT molecular complexity index is 1900. The number of carbonyl (C=O) groups is 2. The third kappa shape index (κ3) is 9.37. The quantitative estimate of drug-likeness (QED) is 0.145. The second-order valence-corrected chi connectivity index (χ2v) is 17.1. The van der Waals surface area contributed by atoms with Crippen LogP contribution in [0.4, 0.5) is 0 Å². The number of benzene rings is 3. The molecule has 4 atom stereocenters. The lowest BCUT2D eigenvalue weighted by Gasteiger charge is -2.39. The lowest BCUT2D eigenvalue weighted by atomic mass is 9.96. The molecule has 274 valence electrons. The zero-order chi connectivity index (χ0) is 36.9. The van der Waals surface area contributed by atoms with Gasteiger partial charge in [-0.1, -0.05) is 61.0 Å². The number of ether oxygens (including phenoxy) is 1. The minimum atomic E-state index is -4.04. The number of likely N-dealkylation sites (N-methyl/N-ethyl adjacent to an activating group) is 1. The maximum absolute atomic E-state index is 13.9. The zero-order valence-corrected chi connectivity index (χ0v) is 32.4. The van der Waals surface area contributed by atoms with Crippen molar-refractivity contribution in [2.24, 2.45) is 0 Å². The molecule has 2 amide bonds. The topological polar surface area (TPSA) is 108 Å². The fourth-order valence-corrected chi connectivity index (χ4v) is 9.85. The van der Waals surface area contributed by atoms with Crippen LogP contribution < -0.4 is 14.8 Å². The van der Waals surface area contributed by atoms with Gasteiger partial charge in [0.15, 0.2) is 0 Å². The molecule has 1 aliphatic rings. The van der Waals surface area contributed by atoms with Crippen molar-refractivity contribution in [1.29, 1.82) is 0 Å². The van der Waals surface area contributed by atoms with E-state index in [1.165, 1.54) is 36.2 Å². The van der Waals surface area contributed by atoms with Crippen molar-refractivity contribution in [1.82, 2.24) is 19.8 Å². The van der Waals surface area contributed by atoms with Gasteiger partial charge in [-0.15, -0.1) is 11.3 Å². The molecule has 0 spiro atoms. The van der Waals surface area contributed by atoms with Gasteiger partial charge in [-0.25, -0.2) is 13.1 Å². The number of amides is 2. The molecule has 3 aromatic carbocycles. The Morgan fingerprint density at radius 1 is 0.980 bits per heavy atom. The minimum Gasteiger partial charge on any atom is -0.497 e. The Morgan fingerprint density at radius 2 is 1.63 bits per heavy atom. The molecule has 1 aliphatic heterocycles. The summed E-state index contributed by atoms with van der Waals surface area (Å²) in [4.78, 5) is 31.8. The van der Waals surface area contributed by atoms with Gasteiger partial charge in [0.05, 0.1) is 13.2 Å². The van der Waals surface area contributed by atoms with E-state index in [-0.39, 0.29) is 22.6 Å². The summed E-state index contributed by atoms with van der Waals surface area (Å²) in [5.74, 6) is 0.0140. The van der Waals surface area contributed by atoms with E-state index in [9.17, 15) is 18.0 Å². The monoisotopic (exact) mass is 732 g/mol. The Labute approximate surface area is 307 Å². The van der Waals surface area contributed by atoms with Crippen LogP contribution in [0.3, 0.4) is 0 Å². The van der Waals surface area contributed by atoms with Gasteiger partial charge >= 0.3 is 0 Å².